The van der Waals surface area contributed by atoms with Gasteiger partial charge in [0.1, 0.15) is 5.75 Å². The largest absolute Gasteiger partial charge is 0.494 e. The highest BCUT2D eigenvalue weighted by molar-refractivity contribution is 5.29. The van der Waals surface area contributed by atoms with Gasteiger partial charge in [0, 0.05) is 30.4 Å². The van der Waals surface area contributed by atoms with Crippen LogP contribution in [0, 0.1) is 6.92 Å². The van der Waals surface area contributed by atoms with E-state index >= 15 is 0 Å². The first-order valence-electron chi connectivity index (χ1n) is 7.50. The summed E-state index contributed by atoms with van der Waals surface area (Å²) in [6.45, 7) is 9.15. The standard InChI is InChI=1S/C17H25N3O/c1-6-21-16-9-7-15(8-10-16)12(2)19-13(3)17-11-18-20(5)14(17)4/h7-13,19H,6H2,1-5H3. The molecule has 0 spiro atoms. The molecule has 4 nitrogen and oxygen atoms in total. The van der Waals surface area contributed by atoms with Gasteiger partial charge in [-0.25, -0.2) is 0 Å². The van der Waals surface area contributed by atoms with Crippen molar-refractivity contribution in [2.75, 3.05) is 6.61 Å². The number of hydrogen-bond acceptors (Lipinski definition) is 3. The molecule has 1 heterocycles. The zero-order valence-corrected chi connectivity index (χ0v) is 13.6. The lowest BCUT2D eigenvalue weighted by Gasteiger charge is -2.20. The van der Waals surface area contributed by atoms with Gasteiger partial charge in [-0.1, -0.05) is 12.1 Å². The molecule has 4 heteroatoms. The zero-order chi connectivity index (χ0) is 15.4. The molecule has 2 unspecified atom stereocenters. The molecule has 0 fully saturated rings. The fourth-order valence-electron chi connectivity index (χ4n) is 2.52. The van der Waals surface area contributed by atoms with Crippen LogP contribution >= 0.6 is 0 Å². The van der Waals surface area contributed by atoms with Crippen LogP contribution in [-0.4, -0.2) is 16.4 Å². The quantitative estimate of drug-likeness (QED) is 0.883. The maximum Gasteiger partial charge on any atom is 0.119 e. The Morgan fingerprint density at radius 3 is 2.38 bits per heavy atom. The van der Waals surface area contributed by atoms with Gasteiger partial charge in [-0.2, -0.15) is 5.10 Å². The van der Waals surface area contributed by atoms with Crippen molar-refractivity contribution in [1.82, 2.24) is 15.1 Å². The number of hydrogen-bond donors (Lipinski definition) is 1. The minimum Gasteiger partial charge on any atom is -0.494 e. The van der Waals surface area contributed by atoms with Crippen LogP contribution in [0.15, 0.2) is 30.5 Å². The van der Waals surface area contributed by atoms with Crippen molar-refractivity contribution in [2.24, 2.45) is 7.05 Å². The molecule has 0 amide bonds. The molecule has 0 aliphatic carbocycles. The third-order valence-electron chi connectivity index (χ3n) is 3.93. The Morgan fingerprint density at radius 2 is 1.86 bits per heavy atom. The number of benzene rings is 1. The Morgan fingerprint density at radius 1 is 1.19 bits per heavy atom. The molecule has 114 valence electrons. The predicted octanol–water partition coefficient (Wildman–Crippen LogP) is 3.54. The van der Waals surface area contributed by atoms with Crippen molar-refractivity contribution >= 4 is 0 Å². The van der Waals surface area contributed by atoms with E-state index in [1.807, 2.05) is 37.0 Å². The molecular weight excluding hydrogens is 262 g/mol. The number of aromatic nitrogens is 2. The lowest BCUT2D eigenvalue weighted by Crippen LogP contribution is -2.22. The molecule has 2 atom stereocenters. The third kappa shape index (κ3) is 3.64. The average molecular weight is 287 g/mol. The van der Waals surface area contributed by atoms with Crippen LogP contribution in [0.3, 0.4) is 0 Å². The van der Waals surface area contributed by atoms with Gasteiger partial charge < -0.3 is 10.1 Å². The summed E-state index contributed by atoms with van der Waals surface area (Å²) in [7, 11) is 1.97. The van der Waals surface area contributed by atoms with Gasteiger partial charge in [0.15, 0.2) is 0 Å². The van der Waals surface area contributed by atoms with Crippen molar-refractivity contribution in [2.45, 2.75) is 39.8 Å². The van der Waals surface area contributed by atoms with Gasteiger partial charge in [-0.15, -0.1) is 0 Å². The second-order valence-electron chi connectivity index (χ2n) is 5.42. The minimum absolute atomic E-state index is 0.264. The molecule has 0 aliphatic heterocycles. The van der Waals surface area contributed by atoms with Crippen LogP contribution < -0.4 is 10.1 Å². The summed E-state index contributed by atoms with van der Waals surface area (Å²) in [5.41, 5.74) is 3.70. The van der Waals surface area contributed by atoms with E-state index in [4.69, 9.17) is 4.74 Å². The van der Waals surface area contributed by atoms with E-state index in [9.17, 15) is 0 Å². The molecule has 1 aromatic heterocycles. The minimum atomic E-state index is 0.264. The highest BCUT2D eigenvalue weighted by atomic mass is 16.5. The molecule has 1 aromatic carbocycles. The van der Waals surface area contributed by atoms with E-state index in [1.54, 1.807) is 0 Å². The van der Waals surface area contributed by atoms with Gasteiger partial charge in [0.2, 0.25) is 0 Å². The second-order valence-corrected chi connectivity index (χ2v) is 5.42. The summed E-state index contributed by atoms with van der Waals surface area (Å²) in [6, 6.07) is 8.82. The first-order chi connectivity index (χ1) is 10.0. The van der Waals surface area contributed by atoms with Crippen LogP contribution in [0.5, 0.6) is 5.75 Å². The van der Waals surface area contributed by atoms with Crippen LogP contribution in [0.1, 0.15) is 49.7 Å². The summed E-state index contributed by atoms with van der Waals surface area (Å²) in [4.78, 5) is 0. The van der Waals surface area contributed by atoms with Gasteiger partial charge in [0.05, 0.1) is 12.8 Å². The number of rotatable bonds is 6. The van der Waals surface area contributed by atoms with E-state index < -0.39 is 0 Å². The summed E-state index contributed by atoms with van der Waals surface area (Å²) in [5, 5.41) is 7.93. The Bertz CT molecular complexity index is 574. The van der Waals surface area contributed by atoms with Crippen molar-refractivity contribution in [3.63, 3.8) is 0 Å². The van der Waals surface area contributed by atoms with Gasteiger partial charge in [0.25, 0.3) is 0 Å². The normalized spacial score (nSPS) is 14.0. The first kappa shape index (κ1) is 15.6. The Hall–Kier alpha value is -1.81. The molecule has 1 N–H and O–H groups in total. The molecule has 0 radical (unpaired) electrons. The number of nitrogens with zero attached hydrogens (tertiary/aromatic N) is 2. The fourth-order valence-corrected chi connectivity index (χ4v) is 2.52. The molecule has 0 saturated carbocycles. The topological polar surface area (TPSA) is 39.1 Å². The maximum atomic E-state index is 5.48. The first-order valence-corrected chi connectivity index (χ1v) is 7.50. The van der Waals surface area contributed by atoms with Gasteiger partial charge in [-0.3, -0.25) is 4.68 Å². The third-order valence-corrected chi connectivity index (χ3v) is 3.93. The summed E-state index contributed by atoms with van der Waals surface area (Å²) in [5.74, 6) is 0.921. The van der Waals surface area contributed by atoms with Crippen molar-refractivity contribution < 1.29 is 4.74 Å². The van der Waals surface area contributed by atoms with Crippen LogP contribution in [0.2, 0.25) is 0 Å². The monoisotopic (exact) mass is 287 g/mol. The highest BCUT2D eigenvalue weighted by Gasteiger charge is 2.15. The number of aryl methyl sites for hydroxylation is 1. The molecule has 0 bridgehead atoms. The highest BCUT2D eigenvalue weighted by Crippen LogP contribution is 2.23. The van der Waals surface area contributed by atoms with Gasteiger partial charge >= 0.3 is 0 Å². The smallest absolute Gasteiger partial charge is 0.119 e. The Kier molecular flexibility index (Phi) is 5.02. The zero-order valence-electron chi connectivity index (χ0n) is 13.6. The fraction of sp³-hybridized carbons (Fsp3) is 0.471. The van der Waals surface area contributed by atoms with E-state index in [0.29, 0.717) is 6.61 Å². The lowest BCUT2D eigenvalue weighted by molar-refractivity contribution is 0.340. The van der Waals surface area contributed by atoms with E-state index in [0.717, 1.165) is 5.75 Å². The molecule has 2 rings (SSSR count). The molecule has 21 heavy (non-hydrogen) atoms. The summed E-state index contributed by atoms with van der Waals surface area (Å²) >= 11 is 0. The number of nitrogens with one attached hydrogen (secondary N) is 1. The average Bonchev–Trinajstić information content (AvgIpc) is 2.80. The molecule has 0 aliphatic rings. The summed E-state index contributed by atoms with van der Waals surface area (Å²) in [6.07, 6.45) is 1.94. The predicted molar refractivity (Wildman–Crippen MR) is 85.5 cm³/mol. The van der Waals surface area contributed by atoms with Crippen LogP contribution in [0.4, 0.5) is 0 Å². The molecule has 0 saturated heterocycles. The van der Waals surface area contributed by atoms with E-state index in [2.05, 4.69) is 43.3 Å². The van der Waals surface area contributed by atoms with Crippen molar-refractivity contribution in [3.8, 4) is 5.75 Å². The molecule has 2 aromatic rings. The number of ether oxygens (including phenoxy) is 1. The van der Waals surface area contributed by atoms with Gasteiger partial charge in [-0.05, 0) is 45.4 Å². The van der Waals surface area contributed by atoms with E-state index in [1.165, 1.54) is 16.8 Å². The Balaban J connectivity index is 2.03. The Labute approximate surface area is 127 Å². The molecular formula is C17H25N3O. The van der Waals surface area contributed by atoms with E-state index in [-0.39, 0.29) is 12.1 Å². The second kappa shape index (κ2) is 6.76. The van der Waals surface area contributed by atoms with Crippen molar-refractivity contribution in [1.29, 1.82) is 0 Å². The van der Waals surface area contributed by atoms with Crippen molar-refractivity contribution in [3.05, 3.63) is 47.3 Å². The maximum absolute atomic E-state index is 5.48. The lowest BCUT2D eigenvalue weighted by atomic mass is 10.0. The SMILES string of the molecule is CCOc1ccc(C(C)NC(C)c2cnn(C)c2C)cc1. The summed E-state index contributed by atoms with van der Waals surface area (Å²) < 4.78 is 7.39. The van der Waals surface area contributed by atoms with Crippen LogP contribution in [0.25, 0.3) is 0 Å². The van der Waals surface area contributed by atoms with Crippen LogP contribution in [-0.2, 0) is 7.05 Å².